The van der Waals surface area contributed by atoms with Crippen molar-refractivity contribution < 1.29 is 4.74 Å². The van der Waals surface area contributed by atoms with Crippen molar-refractivity contribution in [1.29, 1.82) is 0 Å². The summed E-state index contributed by atoms with van der Waals surface area (Å²) in [7, 11) is 0. The van der Waals surface area contributed by atoms with Gasteiger partial charge in [-0.1, -0.05) is 12.2 Å². The Bertz CT molecular complexity index is 126. The van der Waals surface area contributed by atoms with Crippen molar-refractivity contribution in [3.63, 3.8) is 0 Å². The van der Waals surface area contributed by atoms with Gasteiger partial charge in [-0.15, -0.1) is 0 Å². The molecule has 0 unspecified atom stereocenters. The lowest BCUT2D eigenvalue weighted by atomic mass is 10.2. The molecule has 0 aromatic rings. The van der Waals surface area contributed by atoms with Crippen LogP contribution in [0, 0.1) is 0 Å². The maximum absolute atomic E-state index is 5.24. The number of rotatable bonds is 6. The van der Waals surface area contributed by atoms with Gasteiger partial charge in [0.2, 0.25) is 0 Å². The van der Waals surface area contributed by atoms with E-state index in [1.807, 2.05) is 6.92 Å². The molecule has 0 saturated carbocycles. The number of hydrogen-bond acceptors (Lipinski definition) is 2. The van der Waals surface area contributed by atoms with Crippen molar-refractivity contribution in [1.82, 2.24) is 5.32 Å². The molecule has 1 aliphatic carbocycles. The van der Waals surface area contributed by atoms with Crippen LogP contribution in [0.25, 0.3) is 0 Å². The van der Waals surface area contributed by atoms with Gasteiger partial charge in [-0.25, -0.2) is 0 Å². The Labute approximate surface area is 75.0 Å². The Hall–Kier alpha value is -0.340. The Kier molecular flexibility index (Phi) is 5.04. The first-order valence-corrected chi connectivity index (χ1v) is 4.89. The van der Waals surface area contributed by atoms with E-state index in [1.165, 1.54) is 12.8 Å². The Morgan fingerprint density at radius 2 is 2.17 bits per heavy atom. The Morgan fingerprint density at radius 1 is 1.42 bits per heavy atom. The van der Waals surface area contributed by atoms with E-state index in [1.54, 1.807) is 0 Å². The molecule has 0 heterocycles. The van der Waals surface area contributed by atoms with Crippen LogP contribution < -0.4 is 5.32 Å². The van der Waals surface area contributed by atoms with Crippen LogP contribution in [0.15, 0.2) is 12.2 Å². The Balaban J connectivity index is 1.82. The summed E-state index contributed by atoms with van der Waals surface area (Å²) in [5.41, 5.74) is 0. The maximum atomic E-state index is 5.24. The van der Waals surface area contributed by atoms with Gasteiger partial charge in [0.15, 0.2) is 0 Å². The van der Waals surface area contributed by atoms with Gasteiger partial charge < -0.3 is 10.1 Å². The van der Waals surface area contributed by atoms with Crippen molar-refractivity contribution in [2.24, 2.45) is 0 Å². The fourth-order valence-corrected chi connectivity index (χ4v) is 1.41. The summed E-state index contributed by atoms with van der Waals surface area (Å²) in [5.74, 6) is 0. The standard InChI is InChI=1S/C10H19NO/c1-2-12-9-5-8-11-10-6-3-4-7-10/h3-4,10-11H,2,5-9H2,1H3. The molecule has 0 fully saturated rings. The maximum Gasteiger partial charge on any atom is 0.0477 e. The second-order valence-corrected chi connectivity index (χ2v) is 3.14. The van der Waals surface area contributed by atoms with E-state index in [4.69, 9.17) is 4.74 Å². The molecule has 0 amide bonds. The molecule has 0 aliphatic heterocycles. The molecule has 2 heteroatoms. The lowest BCUT2D eigenvalue weighted by Gasteiger charge is -2.11. The summed E-state index contributed by atoms with van der Waals surface area (Å²) in [5, 5.41) is 3.50. The average molecular weight is 169 g/mol. The molecule has 0 atom stereocenters. The zero-order valence-electron chi connectivity index (χ0n) is 7.88. The van der Waals surface area contributed by atoms with Crippen LogP contribution in [0.5, 0.6) is 0 Å². The highest BCUT2D eigenvalue weighted by Crippen LogP contribution is 2.08. The van der Waals surface area contributed by atoms with Crippen LogP contribution in [0.3, 0.4) is 0 Å². The van der Waals surface area contributed by atoms with Crippen molar-refractivity contribution in [3.05, 3.63) is 12.2 Å². The zero-order chi connectivity index (χ0) is 8.65. The topological polar surface area (TPSA) is 21.3 Å². The molecular weight excluding hydrogens is 150 g/mol. The third-order valence-electron chi connectivity index (χ3n) is 2.11. The van der Waals surface area contributed by atoms with Crippen molar-refractivity contribution in [2.75, 3.05) is 19.8 Å². The molecule has 12 heavy (non-hydrogen) atoms. The summed E-state index contributed by atoms with van der Waals surface area (Å²) in [4.78, 5) is 0. The number of ether oxygens (including phenoxy) is 1. The Morgan fingerprint density at radius 3 is 2.83 bits per heavy atom. The second kappa shape index (κ2) is 6.21. The summed E-state index contributed by atoms with van der Waals surface area (Å²) in [6.45, 7) is 4.86. The van der Waals surface area contributed by atoms with E-state index in [2.05, 4.69) is 17.5 Å². The van der Waals surface area contributed by atoms with E-state index < -0.39 is 0 Å². The van der Waals surface area contributed by atoms with Crippen LogP contribution in [0.1, 0.15) is 26.2 Å². The summed E-state index contributed by atoms with van der Waals surface area (Å²) < 4.78 is 5.24. The SMILES string of the molecule is CCOCCCNC1CC=CC1. The number of hydrogen-bond donors (Lipinski definition) is 1. The first kappa shape index (κ1) is 9.75. The molecule has 0 saturated heterocycles. The quantitative estimate of drug-likeness (QED) is 0.483. The molecule has 0 aromatic heterocycles. The van der Waals surface area contributed by atoms with E-state index in [9.17, 15) is 0 Å². The molecule has 2 nitrogen and oxygen atoms in total. The summed E-state index contributed by atoms with van der Waals surface area (Å²) in [6.07, 6.45) is 8.04. The van der Waals surface area contributed by atoms with Gasteiger partial charge in [-0.2, -0.15) is 0 Å². The van der Waals surface area contributed by atoms with Crippen LogP contribution >= 0.6 is 0 Å². The third kappa shape index (κ3) is 3.88. The lowest BCUT2D eigenvalue weighted by molar-refractivity contribution is 0.144. The van der Waals surface area contributed by atoms with Crippen LogP contribution in [-0.4, -0.2) is 25.8 Å². The van der Waals surface area contributed by atoms with E-state index >= 15 is 0 Å². The van der Waals surface area contributed by atoms with Gasteiger partial charge in [0.1, 0.15) is 0 Å². The zero-order valence-corrected chi connectivity index (χ0v) is 7.88. The molecular formula is C10H19NO. The average Bonchev–Trinajstić information content (AvgIpc) is 2.57. The van der Waals surface area contributed by atoms with Crippen LogP contribution in [-0.2, 0) is 4.74 Å². The van der Waals surface area contributed by atoms with Gasteiger partial charge in [-0.05, 0) is 32.7 Å². The van der Waals surface area contributed by atoms with E-state index in [0.717, 1.165) is 26.2 Å². The highest BCUT2D eigenvalue weighted by atomic mass is 16.5. The molecule has 0 radical (unpaired) electrons. The van der Waals surface area contributed by atoms with Gasteiger partial charge in [0.25, 0.3) is 0 Å². The van der Waals surface area contributed by atoms with Crippen molar-refractivity contribution in [3.8, 4) is 0 Å². The van der Waals surface area contributed by atoms with Gasteiger partial charge in [0, 0.05) is 19.3 Å². The minimum Gasteiger partial charge on any atom is -0.382 e. The minimum absolute atomic E-state index is 0.701. The molecule has 0 aromatic carbocycles. The predicted molar refractivity (Wildman–Crippen MR) is 51.3 cm³/mol. The first-order valence-electron chi connectivity index (χ1n) is 4.89. The third-order valence-corrected chi connectivity index (χ3v) is 2.11. The van der Waals surface area contributed by atoms with E-state index in [-0.39, 0.29) is 0 Å². The molecule has 0 spiro atoms. The van der Waals surface area contributed by atoms with E-state index in [0.29, 0.717) is 6.04 Å². The molecule has 70 valence electrons. The van der Waals surface area contributed by atoms with Gasteiger partial charge >= 0.3 is 0 Å². The van der Waals surface area contributed by atoms with Crippen molar-refractivity contribution >= 4 is 0 Å². The minimum atomic E-state index is 0.701. The van der Waals surface area contributed by atoms with Gasteiger partial charge in [0.05, 0.1) is 0 Å². The highest BCUT2D eigenvalue weighted by Gasteiger charge is 2.07. The molecule has 1 N–H and O–H groups in total. The molecule has 1 rings (SSSR count). The fraction of sp³-hybridized carbons (Fsp3) is 0.800. The van der Waals surface area contributed by atoms with Crippen LogP contribution in [0.2, 0.25) is 0 Å². The smallest absolute Gasteiger partial charge is 0.0477 e. The predicted octanol–water partition coefficient (Wildman–Crippen LogP) is 1.72. The second-order valence-electron chi connectivity index (χ2n) is 3.14. The fourth-order valence-electron chi connectivity index (χ4n) is 1.41. The van der Waals surface area contributed by atoms with Crippen molar-refractivity contribution in [2.45, 2.75) is 32.2 Å². The monoisotopic (exact) mass is 169 g/mol. The normalized spacial score (nSPS) is 17.4. The summed E-state index contributed by atoms with van der Waals surface area (Å²) in [6, 6.07) is 0.701. The first-order chi connectivity index (χ1) is 5.93. The lowest BCUT2D eigenvalue weighted by Crippen LogP contribution is -2.27. The molecule has 0 bridgehead atoms. The highest BCUT2D eigenvalue weighted by molar-refractivity contribution is 4.97. The molecule has 1 aliphatic rings. The van der Waals surface area contributed by atoms with Gasteiger partial charge in [-0.3, -0.25) is 0 Å². The largest absolute Gasteiger partial charge is 0.382 e. The summed E-state index contributed by atoms with van der Waals surface area (Å²) >= 11 is 0. The number of nitrogens with one attached hydrogen (secondary N) is 1. The van der Waals surface area contributed by atoms with Crippen LogP contribution in [0.4, 0.5) is 0 Å².